The topological polar surface area (TPSA) is 83.8 Å². The Bertz CT molecular complexity index is 1370. The summed E-state index contributed by atoms with van der Waals surface area (Å²) in [5.41, 5.74) is 2.88. The van der Waals surface area contributed by atoms with Crippen LogP contribution >= 0.6 is 0 Å². The lowest BCUT2D eigenvalue weighted by Crippen LogP contribution is -2.24. The van der Waals surface area contributed by atoms with E-state index < -0.39 is 6.36 Å². The Balaban J connectivity index is 1.60. The number of anilines is 1. The first-order chi connectivity index (χ1) is 18.1. The molecule has 38 heavy (non-hydrogen) atoms. The van der Waals surface area contributed by atoms with Gasteiger partial charge in [-0.3, -0.25) is 5.01 Å². The monoisotopic (exact) mass is 526 g/mol. The quantitative estimate of drug-likeness (QED) is 0.355. The van der Waals surface area contributed by atoms with Crippen molar-refractivity contribution in [1.29, 1.82) is 0 Å². The Morgan fingerprint density at radius 1 is 0.842 bits per heavy atom. The van der Waals surface area contributed by atoms with Gasteiger partial charge in [0.25, 0.3) is 0 Å². The summed E-state index contributed by atoms with van der Waals surface area (Å²) in [6.07, 6.45) is 3.16. The van der Waals surface area contributed by atoms with Gasteiger partial charge in [0.15, 0.2) is 23.0 Å². The predicted molar refractivity (Wildman–Crippen MR) is 139 cm³/mol. The number of rotatable bonds is 8. The van der Waals surface area contributed by atoms with Crippen molar-refractivity contribution < 1.29 is 37.6 Å². The molecule has 7 nitrogen and oxygen atoms in total. The van der Waals surface area contributed by atoms with Gasteiger partial charge >= 0.3 is 6.36 Å². The normalized spacial score (nSPS) is 15.8. The van der Waals surface area contributed by atoms with E-state index in [0.717, 1.165) is 16.8 Å². The summed E-state index contributed by atoms with van der Waals surface area (Å²) in [6.45, 7) is 0. The number of phenolic OH excluding ortho intramolecular Hbond substituents is 2. The number of phenols is 2. The van der Waals surface area contributed by atoms with Crippen molar-refractivity contribution in [3.8, 4) is 28.7 Å². The molecule has 1 aliphatic heterocycles. The third kappa shape index (κ3) is 6.58. The minimum atomic E-state index is -4.78. The minimum Gasteiger partial charge on any atom is -0.504 e. The van der Waals surface area contributed by atoms with Crippen LogP contribution in [0.25, 0.3) is 12.2 Å². The third-order valence-corrected chi connectivity index (χ3v) is 5.69. The molecule has 0 spiro atoms. The molecule has 0 fully saturated rings. The molecule has 3 aromatic carbocycles. The lowest BCUT2D eigenvalue weighted by atomic mass is 10.1. The number of hydrogen-bond acceptors (Lipinski definition) is 7. The van der Waals surface area contributed by atoms with Crippen molar-refractivity contribution in [1.82, 2.24) is 0 Å². The van der Waals surface area contributed by atoms with Crippen molar-refractivity contribution in [2.75, 3.05) is 19.2 Å². The SMILES string of the molecule is COc1cc(/C=C/C2=NN(c3ccc(OC(F)(F)F)cc3)C(/C=C/c3ccc(O)c(OC)c3)C2)ccc1O. The average molecular weight is 527 g/mol. The molecule has 0 bridgehead atoms. The van der Waals surface area contributed by atoms with Crippen LogP contribution in [0.3, 0.4) is 0 Å². The van der Waals surface area contributed by atoms with E-state index in [0.29, 0.717) is 23.6 Å². The maximum absolute atomic E-state index is 12.6. The first-order valence-electron chi connectivity index (χ1n) is 11.5. The lowest BCUT2D eigenvalue weighted by Gasteiger charge is -2.21. The first-order valence-corrected chi connectivity index (χ1v) is 11.5. The highest BCUT2D eigenvalue weighted by atomic mass is 19.4. The Kier molecular flexibility index (Phi) is 7.80. The zero-order valence-corrected chi connectivity index (χ0v) is 20.5. The Morgan fingerprint density at radius 3 is 1.97 bits per heavy atom. The fourth-order valence-electron chi connectivity index (χ4n) is 3.87. The van der Waals surface area contributed by atoms with Crippen LogP contribution in [0, 0.1) is 0 Å². The van der Waals surface area contributed by atoms with Crippen LogP contribution in [0.4, 0.5) is 18.9 Å². The van der Waals surface area contributed by atoms with Crippen LogP contribution in [0.15, 0.2) is 77.9 Å². The van der Waals surface area contributed by atoms with Gasteiger partial charge in [0.05, 0.1) is 31.7 Å². The highest BCUT2D eigenvalue weighted by molar-refractivity contribution is 6.01. The molecule has 198 valence electrons. The lowest BCUT2D eigenvalue weighted by molar-refractivity contribution is -0.274. The zero-order chi connectivity index (χ0) is 27.3. The largest absolute Gasteiger partial charge is 0.573 e. The molecule has 0 saturated heterocycles. The van der Waals surface area contributed by atoms with Gasteiger partial charge in [0.1, 0.15) is 5.75 Å². The van der Waals surface area contributed by atoms with Crippen molar-refractivity contribution in [2.24, 2.45) is 5.10 Å². The molecule has 10 heteroatoms. The van der Waals surface area contributed by atoms with Crippen LogP contribution < -0.4 is 19.2 Å². The van der Waals surface area contributed by atoms with Gasteiger partial charge in [0, 0.05) is 6.42 Å². The van der Waals surface area contributed by atoms with Crippen LogP contribution in [0.5, 0.6) is 28.7 Å². The van der Waals surface area contributed by atoms with Crippen molar-refractivity contribution in [2.45, 2.75) is 18.8 Å². The number of benzene rings is 3. The van der Waals surface area contributed by atoms with E-state index in [1.165, 1.54) is 50.6 Å². The fourth-order valence-corrected chi connectivity index (χ4v) is 3.87. The van der Waals surface area contributed by atoms with E-state index in [1.54, 1.807) is 29.3 Å². The minimum absolute atomic E-state index is 0.0231. The highest BCUT2D eigenvalue weighted by Crippen LogP contribution is 2.32. The molecule has 2 N–H and O–H groups in total. The number of nitrogens with zero attached hydrogens (tertiary/aromatic N) is 2. The number of hydrogen-bond donors (Lipinski definition) is 2. The molecule has 1 aliphatic rings. The van der Waals surface area contributed by atoms with Crippen LogP contribution in [0.2, 0.25) is 0 Å². The molecule has 0 aliphatic carbocycles. The Morgan fingerprint density at radius 2 is 1.42 bits per heavy atom. The predicted octanol–water partition coefficient (Wildman–Crippen LogP) is 6.38. The van der Waals surface area contributed by atoms with Gasteiger partial charge in [-0.05, 0) is 65.7 Å². The van der Waals surface area contributed by atoms with Gasteiger partial charge in [-0.1, -0.05) is 30.4 Å². The Hall–Kier alpha value is -4.60. The number of aromatic hydroxyl groups is 2. The van der Waals surface area contributed by atoms with E-state index in [4.69, 9.17) is 9.47 Å². The maximum atomic E-state index is 12.6. The van der Waals surface area contributed by atoms with Crippen molar-refractivity contribution in [3.63, 3.8) is 0 Å². The molecule has 1 unspecified atom stereocenters. The zero-order valence-electron chi connectivity index (χ0n) is 20.5. The van der Waals surface area contributed by atoms with Crippen LogP contribution in [0.1, 0.15) is 17.5 Å². The summed E-state index contributed by atoms with van der Waals surface area (Å²) < 4.78 is 52.0. The smallest absolute Gasteiger partial charge is 0.504 e. The summed E-state index contributed by atoms with van der Waals surface area (Å²) in [7, 11) is 2.93. The molecule has 1 atom stereocenters. The number of ether oxygens (including phenoxy) is 3. The van der Waals surface area contributed by atoms with Gasteiger partial charge in [-0.2, -0.15) is 5.10 Å². The molecule has 1 heterocycles. The molecular weight excluding hydrogens is 501 g/mol. The number of allylic oxidation sites excluding steroid dienone is 1. The molecule has 0 amide bonds. The molecule has 0 saturated carbocycles. The van der Waals surface area contributed by atoms with Gasteiger partial charge in [-0.25, -0.2) is 0 Å². The van der Waals surface area contributed by atoms with E-state index in [2.05, 4.69) is 9.84 Å². The second kappa shape index (κ2) is 11.2. The summed E-state index contributed by atoms with van der Waals surface area (Å²) >= 11 is 0. The number of alkyl halides is 3. The number of halogens is 3. The highest BCUT2D eigenvalue weighted by Gasteiger charge is 2.31. The molecule has 0 radical (unpaired) electrons. The van der Waals surface area contributed by atoms with E-state index >= 15 is 0 Å². The summed E-state index contributed by atoms with van der Waals surface area (Å²) in [6, 6.07) is 15.1. The van der Waals surface area contributed by atoms with Crippen molar-refractivity contribution in [3.05, 3.63) is 83.9 Å². The second-order valence-corrected chi connectivity index (χ2v) is 8.30. The van der Waals surface area contributed by atoms with Gasteiger partial charge in [-0.15, -0.1) is 13.2 Å². The molecule has 4 rings (SSSR count). The standard InChI is InChI=1S/C28H25F3N2O5/c1-36-26-15-18(5-13-24(26)34)3-7-20-17-22(8-4-19-6-14-25(35)27(16-19)37-2)33(32-20)21-9-11-23(12-10-21)38-28(29,30)31/h3-16,22,34-35H,17H2,1-2H3/b7-3+,8-4+. The second-order valence-electron chi connectivity index (χ2n) is 8.30. The van der Waals surface area contributed by atoms with E-state index in [-0.39, 0.29) is 23.3 Å². The molecule has 0 aromatic heterocycles. The van der Waals surface area contributed by atoms with Crippen LogP contribution in [-0.2, 0) is 0 Å². The molecular formula is C28H25F3N2O5. The maximum Gasteiger partial charge on any atom is 0.573 e. The third-order valence-electron chi connectivity index (χ3n) is 5.69. The Labute approximate surface area is 217 Å². The first kappa shape index (κ1) is 26.5. The van der Waals surface area contributed by atoms with Crippen LogP contribution in [-0.4, -0.2) is 42.5 Å². The van der Waals surface area contributed by atoms with Gasteiger partial charge in [0.2, 0.25) is 0 Å². The summed E-state index contributed by atoms with van der Waals surface area (Å²) in [5, 5.41) is 26.1. The molecule has 3 aromatic rings. The van der Waals surface area contributed by atoms with Gasteiger partial charge < -0.3 is 24.4 Å². The summed E-state index contributed by atoms with van der Waals surface area (Å²) in [5.74, 6) is 0.403. The summed E-state index contributed by atoms with van der Waals surface area (Å²) in [4.78, 5) is 0. The fraction of sp³-hybridized carbons (Fsp3) is 0.179. The van der Waals surface area contributed by atoms with Crippen molar-refractivity contribution >= 4 is 23.6 Å². The average Bonchev–Trinajstić information content (AvgIpc) is 3.30. The van der Waals surface area contributed by atoms with E-state index in [1.807, 2.05) is 24.3 Å². The van der Waals surface area contributed by atoms with E-state index in [9.17, 15) is 23.4 Å². The number of methoxy groups -OCH3 is 2. The number of hydrazone groups is 1.